The summed E-state index contributed by atoms with van der Waals surface area (Å²) in [5.41, 5.74) is 2.99. The minimum atomic E-state index is -3.49. The van der Waals surface area contributed by atoms with E-state index in [1.54, 1.807) is 18.2 Å². The molecule has 1 amide bonds. The zero-order chi connectivity index (χ0) is 20.8. The Morgan fingerprint density at radius 1 is 1.14 bits per heavy atom. The summed E-state index contributed by atoms with van der Waals surface area (Å²) in [6.07, 6.45) is 1.57. The maximum atomic E-state index is 13.1. The Kier molecular flexibility index (Phi) is 5.57. The molecule has 2 atom stereocenters. The highest BCUT2D eigenvalue weighted by Crippen LogP contribution is 2.49. The molecule has 1 fully saturated rings. The largest absolute Gasteiger partial charge is 0.312 e. The Morgan fingerprint density at radius 2 is 1.83 bits per heavy atom. The fourth-order valence-corrected chi connectivity index (χ4v) is 6.00. The van der Waals surface area contributed by atoms with Crippen LogP contribution in [-0.2, 0) is 21.2 Å². The molecule has 7 heteroatoms. The number of halogens is 1. The predicted octanol–water partition coefficient (Wildman–Crippen LogP) is 4.17. The van der Waals surface area contributed by atoms with Gasteiger partial charge in [0.25, 0.3) is 0 Å². The number of rotatable bonds is 6. The van der Waals surface area contributed by atoms with E-state index >= 15 is 0 Å². The van der Waals surface area contributed by atoms with Gasteiger partial charge in [0.2, 0.25) is 15.9 Å². The molecule has 29 heavy (non-hydrogen) atoms. The van der Waals surface area contributed by atoms with E-state index in [1.165, 1.54) is 9.87 Å². The number of amides is 1. The molecule has 5 nitrogen and oxygen atoms in total. The van der Waals surface area contributed by atoms with Crippen molar-refractivity contribution in [3.8, 4) is 0 Å². The maximum Gasteiger partial charge on any atom is 0.243 e. The summed E-state index contributed by atoms with van der Waals surface area (Å²) in [4.78, 5) is 15.2. The maximum absolute atomic E-state index is 13.1. The molecule has 0 bridgehead atoms. The second-order valence-corrected chi connectivity index (χ2v) is 10.5. The molecule has 0 spiro atoms. The fraction of sp³-hybridized carbons (Fsp3) is 0.409. The van der Waals surface area contributed by atoms with Gasteiger partial charge in [0.05, 0.1) is 4.90 Å². The first-order valence-corrected chi connectivity index (χ1v) is 12.3. The molecule has 0 radical (unpaired) electrons. The summed E-state index contributed by atoms with van der Waals surface area (Å²) in [7, 11) is -3.49. The summed E-state index contributed by atoms with van der Waals surface area (Å²) in [6.45, 7) is 5.18. The third-order valence-corrected chi connectivity index (χ3v) is 8.54. The second-order valence-electron chi connectivity index (χ2n) is 7.62. The van der Waals surface area contributed by atoms with E-state index in [1.807, 2.05) is 30.9 Å². The molecule has 2 aromatic carbocycles. The summed E-state index contributed by atoms with van der Waals surface area (Å²) in [6, 6.07) is 13.4. The Balaban J connectivity index is 1.52. The number of hydrogen-bond donors (Lipinski definition) is 0. The van der Waals surface area contributed by atoms with Crippen LogP contribution in [0.4, 0.5) is 5.69 Å². The molecule has 0 saturated heterocycles. The van der Waals surface area contributed by atoms with Crippen molar-refractivity contribution < 1.29 is 13.2 Å². The number of carbonyl (C=O) groups is 1. The molecule has 154 valence electrons. The van der Waals surface area contributed by atoms with Gasteiger partial charge in [-0.3, -0.25) is 4.79 Å². The zero-order valence-electron chi connectivity index (χ0n) is 16.6. The van der Waals surface area contributed by atoms with Gasteiger partial charge in [0.1, 0.15) is 0 Å². The number of hydrogen-bond acceptors (Lipinski definition) is 3. The van der Waals surface area contributed by atoms with Crippen LogP contribution in [0.5, 0.6) is 0 Å². The summed E-state index contributed by atoms with van der Waals surface area (Å²) >= 11 is 3.45. The topological polar surface area (TPSA) is 57.7 Å². The van der Waals surface area contributed by atoms with E-state index in [0.29, 0.717) is 31.0 Å². The molecule has 4 rings (SSSR count). The first kappa shape index (κ1) is 20.6. The number of anilines is 1. The quantitative estimate of drug-likeness (QED) is 0.628. The molecule has 2 aromatic rings. The molecule has 1 saturated carbocycles. The predicted molar refractivity (Wildman–Crippen MR) is 118 cm³/mol. The van der Waals surface area contributed by atoms with Crippen molar-refractivity contribution in [2.75, 3.05) is 24.5 Å². The van der Waals surface area contributed by atoms with Crippen molar-refractivity contribution in [3.63, 3.8) is 0 Å². The van der Waals surface area contributed by atoms with E-state index in [2.05, 4.69) is 28.1 Å². The number of sulfonamides is 1. The summed E-state index contributed by atoms with van der Waals surface area (Å²) in [5.74, 6) is 0.444. The van der Waals surface area contributed by atoms with Gasteiger partial charge in [-0.2, -0.15) is 4.31 Å². The van der Waals surface area contributed by atoms with Gasteiger partial charge in [0, 0.05) is 35.7 Å². The van der Waals surface area contributed by atoms with Crippen LogP contribution < -0.4 is 4.90 Å². The molecule has 0 N–H and O–H groups in total. The van der Waals surface area contributed by atoms with Crippen LogP contribution in [-0.4, -0.2) is 38.3 Å². The second kappa shape index (κ2) is 7.85. The van der Waals surface area contributed by atoms with E-state index < -0.39 is 10.0 Å². The van der Waals surface area contributed by atoms with E-state index in [4.69, 9.17) is 0 Å². The zero-order valence-corrected chi connectivity index (χ0v) is 19.0. The average molecular weight is 477 g/mol. The minimum Gasteiger partial charge on any atom is -0.312 e. The standard InChI is InChI=1S/C22H25BrN2O3S/c1-3-24(4-2)29(27,28)18-9-10-21-16(13-18)11-12-25(21)22(26)20-14-19(20)15-5-7-17(23)8-6-15/h5-10,13,19-20H,3-4,11-12,14H2,1-2H3. The fourth-order valence-electron chi connectivity index (χ4n) is 4.23. The van der Waals surface area contributed by atoms with E-state index in [9.17, 15) is 13.2 Å². The van der Waals surface area contributed by atoms with Gasteiger partial charge in [-0.25, -0.2) is 8.42 Å². The van der Waals surface area contributed by atoms with Crippen LogP contribution in [0.15, 0.2) is 51.8 Å². The lowest BCUT2D eigenvalue weighted by Crippen LogP contribution is -2.31. The van der Waals surface area contributed by atoms with Crippen LogP contribution in [0.25, 0.3) is 0 Å². The highest BCUT2D eigenvalue weighted by molar-refractivity contribution is 9.10. The first-order valence-electron chi connectivity index (χ1n) is 10.1. The third kappa shape index (κ3) is 3.76. The molecule has 2 unspecified atom stereocenters. The molecule has 2 aliphatic rings. The van der Waals surface area contributed by atoms with Gasteiger partial charge in [-0.15, -0.1) is 0 Å². The average Bonchev–Trinajstić information content (AvgIpc) is 3.40. The van der Waals surface area contributed by atoms with Crippen molar-refractivity contribution in [1.29, 1.82) is 0 Å². The lowest BCUT2D eigenvalue weighted by Gasteiger charge is -2.20. The van der Waals surface area contributed by atoms with E-state index in [-0.39, 0.29) is 17.7 Å². The van der Waals surface area contributed by atoms with Crippen molar-refractivity contribution in [3.05, 3.63) is 58.1 Å². The van der Waals surface area contributed by atoms with Crippen LogP contribution >= 0.6 is 15.9 Å². The molecular weight excluding hydrogens is 452 g/mol. The van der Waals surface area contributed by atoms with Crippen LogP contribution in [0, 0.1) is 5.92 Å². The van der Waals surface area contributed by atoms with Crippen molar-refractivity contribution >= 4 is 37.5 Å². The molecule has 1 heterocycles. The van der Waals surface area contributed by atoms with Crippen molar-refractivity contribution in [1.82, 2.24) is 4.31 Å². The lowest BCUT2D eigenvalue weighted by atomic mass is 10.1. The monoisotopic (exact) mass is 476 g/mol. The van der Waals surface area contributed by atoms with Crippen LogP contribution in [0.3, 0.4) is 0 Å². The molecule has 0 aromatic heterocycles. The highest BCUT2D eigenvalue weighted by Gasteiger charge is 2.47. The molecular formula is C22H25BrN2O3S. The van der Waals surface area contributed by atoms with Gasteiger partial charge >= 0.3 is 0 Å². The number of carbonyl (C=O) groups excluding carboxylic acids is 1. The Morgan fingerprint density at radius 3 is 2.48 bits per heavy atom. The summed E-state index contributed by atoms with van der Waals surface area (Å²) in [5, 5.41) is 0. The SMILES string of the molecule is CCN(CC)S(=O)(=O)c1ccc2c(c1)CCN2C(=O)C1CC1c1ccc(Br)cc1. The molecule has 1 aliphatic heterocycles. The van der Waals surface area contributed by atoms with Crippen molar-refractivity contribution in [2.24, 2.45) is 5.92 Å². The van der Waals surface area contributed by atoms with Crippen LogP contribution in [0.2, 0.25) is 0 Å². The van der Waals surface area contributed by atoms with Gasteiger partial charge in [0.15, 0.2) is 0 Å². The Bertz CT molecular complexity index is 1030. The Hall–Kier alpha value is -1.70. The van der Waals surface area contributed by atoms with Crippen molar-refractivity contribution in [2.45, 2.75) is 37.5 Å². The highest BCUT2D eigenvalue weighted by atomic mass is 79.9. The minimum absolute atomic E-state index is 0.0150. The van der Waals surface area contributed by atoms with E-state index in [0.717, 1.165) is 22.1 Å². The normalized spacial score (nSPS) is 20.8. The Labute approximate surface area is 180 Å². The lowest BCUT2D eigenvalue weighted by molar-refractivity contribution is -0.119. The first-order chi connectivity index (χ1) is 13.9. The number of nitrogens with zero attached hydrogens (tertiary/aromatic N) is 2. The number of fused-ring (bicyclic) bond motifs is 1. The number of benzene rings is 2. The molecule has 1 aliphatic carbocycles. The van der Waals surface area contributed by atoms with Gasteiger partial charge < -0.3 is 4.90 Å². The third-order valence-electron chi connectivity index (χ3n) is 5.96. The van der Waals surface area contributed by atoms with Gasteiger partial charge in [-0.05, 0) is 60.2 Å². The smallest absolute Gasteiger partial charge is 0.243 e. The summed E-state index contributed by atoms with van der Waals surface area (Å²) < 4.78 is 28.1. The van der Waals surface area contributed by atoms with Gasteiger partial charge in [-0.1, -0.05) is 41.9 Å². The van der Waals surface area contributed by atoms with Crippen LogP contribution in [0.1, 0.15) is 37.3 Å².